The number of anilines is 1. The van der Waals surface area contributed by atoms with E-state index in [4.69, 9.17) is 0 Å². The van der Waals surface area contributed by atoms with Gasteiger partial charge in [-0.2, -0.15) is 0 Å². The summed E-state index contributed by atoms with van der Waals surface area (Å²) in [7, 11) is -1.88. The Morgan fingerprint density at radius 2 is 1.80 bits per heavy atom. The zero-order valence-electron chi connectivity index (χ0n) is 10.9. The van der Waals surface area contributed by atoms with E-state index >= 15 is 0 Å². The van der Waals surface area contributed by atoms with Crippen LogP contribution in [-0.2, 0) is 16.6 Å². The van der Waals surface area contributed by atoms with Crippen molar-refractivity contribution in [2.75, 3.05) is 11.8 Å². The van der Waals surface area contributed by atoms with Crippen LogP contribution in [0.4, 0.5) is 10.1 Å². The Kier molecular flexibility index (Phi) is 4.36. The molecule has 0 aromatic heterocycles. The van der Waals surface area contributed by atoms with Gasteiger partial charge in [0.1, 0.15) is 5.82 Å². The quantitative estimate of drug-likeness (QED) is 0.890. The normalized spacial score (nSPS) is 11.3. The molecule has 2 N–H and O–H groups in total. The maximum Gasteiger partial charge on any atom is 0.261 e. The van der Waals surface area contributed by atoms with Crippen LogP contribution >= 0.6 is 0 Å². The Bertz CT molecular complexity index is 685. The van der Waals surface area contributed by atoms with E-state index in [2.05, 4.69) is 10.0 Å². The van der Waals surface area contributed by atoms with Crippen molar-refractivity contribution < 1.29 is 12.8 Å². The van der Waals surface area contributed by atoms with E-state index in [1.165, 1.54) is 30.3 Å². The molecule has 0 spiro atoms. The zero-order chi connectivity index (χ0) is 14.6. The second-order valence-corrected chi connectivity index (χ2v) is 5.97. The van der Waals surface area contributed by atoms with Crippen LogP contribution in [0, 0.1) is 5.82 Å². The molecule has 6 heteroatoms. The minimum absolute atomic E-state index is 0.176. The minimum Gasteiger partial charge on any atom is -0.316 e. The number of hydrogen-bond donors (Lipinski definition) is 2. The maximum absolute atomic E-state index is 12.8. The summed E-state index contributed by atoms with van der Waals surface area (Å²) in [6, 6.07) is 11.8. The summed E-state index contributed by atoms with van der Waals surface area (Å²) in [6.07, 6.45) is 0. The molecule has 0 aliphatic carbocycles. The third kappa shape index (κ3) is 3.55. The molecule has 0 unspecified atom stereocenters. The predicted octanol–water partition coefficient (Wildman–Crippen LogP) is 2.35. The molecule has 0 saturated carbocycles. The van der Waals surface area contributed by atoms with Crippen molar-refractivity contribution in [1.82, 2.24) is 5.32 Å². The molecular formula is C14H15FN2O2S. The van der Waals surface area contributed by atoms with Gasteiger partial charge in [0, 0.05) is 12.2 Å². The van der Waals surface area contributed by atoms with Gasteiger partial charge in [-0.3, -0.25) is 4.72 Å². The Morgan fingerprint density at radius 1 is 1.10 bits per heavy atom. The molecule has 0 amide bonds. The Morgan fingerprint density at radius 3 is 2.45 bits per heavy atom. The molecular weight excluding hydrogens is 279 g/mol. The summed E-state index contributed by atoms with van der Waals surface area (Å²) < 4.78 is 39.6. The standard InChI is InChI=1S/C14H15FN2O2S/c1-16-10-11-3-2-4-14(9-11)20(18,19)17-13-7-5-12(15)6-8-13/h2-9,16-17H,10H2,1H3. The van der Waals surface area contributed by atoms with Crippen molar-refractivity contribution in [3.63, 3.8) is 0 Å². The Balaban J connectivity index is 2.25. The van der Waals surface area contributed by atoms with Crippen LogP contribution in [0.5, 0.6) is 0 Å². The molecule has 2 rings (SSSR count). The van der Waals surface area contributed by atoms with Gasteiger partial charge in [0.15, 0.2) is 0 Å². The second kappa shape index (κ2) is 6.02. The van der Waals surface area contributed by atoms with E-state index in [9.17, 15) is 12.8 Å². The molecule has 2 aromatic carbocycles. The average Bonchev–Trinajstić information content (AvgIpc) is 2.42. The van der Waals surface area contributed by atoms with Crippen LogP contribution in [0.1, 0.15) is 5.56 Å². The number of halogens is 1. The van der Waals surface area contributed by atoms with E-state index in [0.29, 0.717) is 12.2 Å². The van der Waals surface area contributed by atoms with Crippen molar-refractivity contribution >= 4 is 15.7 Å². The summed E-state index contributed by atoms with van der Waals surface area (Å²) in [5.74, 6) is -0.413. The van der Waals surface area contributed by atoms with E-state index in [1.54, 1.807) is 19.2 Å². The van der Waals surface area contributed by atoms with Crippen molar-refractivity contribution in [3.05, 3.63) is 59.9 Å². The summed E-state index contributed by atoms with van der Waals surface area (Å²) in [6.45, 7) is 0.583. The molecule has 0 aliphatic rings. The Hall–Kier alpha value is -1.92. The van der Waals surface area contributed by atoms with Crippen LogP contribution in [-0.4, -0.2) is 15.5 Å². The SMILES string of the molecule is CNCc1cccc(S(=O)(=O)Nc2ccc(F)cc2)c1. The number of benzene rings is 2. The van der Waals surface area contributed by atoms with Gasteiger partial charge in [-0.15, -0.1) is 0 Å². The van der Waals surface area contributed by atoms with Gasteiger partial charge in [0.05, 0.1) is 4.90 Å². The lowest BCUT2D eigenvalue weighted by Gasteiger charge is -2.09. The number of rotatable bonds is 5. The topological polar surface area (TPSA) is 58.2 Å². The lowest BCUT2D eigenvalue weighted by Crippen LogP contribution is -2.14. The van der Waals surface area contributed by atoms with Crippen molar-refractivity contribution in [2.24, 2.45) is 0 Å². The molecule has 0 atom stereocenters. The monoisotopic (exact) mass is 294 g/mol. The molecule has 4 nitrogen and oxygen atoms in total. The van der Waals surface area contributed by atoms with Crippen molar-refractivity contribution in [3.8, 4) is 0 Å². The molecule has 106 valence electrons. The Labute approximate surface area is 117 Å². The summed E-state index contributed by atoms with van der Waals surface area (Å²) in [5.41, 5.74) is 1.19. The van der Waals surface area contributed by atoms with Gasteiger partial charge in [-0.25, -0.2) is 12.8 Å². The van der Waals surface area contributed by atoms with Crippen LogP contribution < -0.4 is 10.0 Å². The molecule has 0 aliphatic heterocycles. The molecule has 20 heavy (non-hydrogen) atoms. The minimum atomic E-state index is -3.67. The number of sulfonamides is 1. The predicted molar refractivity (Wildman–Crippen MR) is 76.4 cm³/mol. The molecule has 0 radical (unpaired) electrons. The van der Waals surface area contributed by atoms with Crippen LogP contribution in [0.25, 0.3) is 0 Å². The first kappa shape index (κ1) is 14.5. The van der Waals surface area contributed by atoms with Crippen molar-refractivity contribution in [1.29, 1.82) is 0 Å². The van der Waals surface area contributed by atoms with Crippen LogP contribution in [0.15, 0.2) is 53.4 Å². The molecule has 0 bridgehead atoms. The van der Waals surface area contributed by atoms with Crippen LogP contribution in [0.2, 0.25) is 0 Å². The highest BCUT2D eigenvalue weighted by atomic mass is 32.2. The summed E-state index contributed by atoms with van der Waals surface area (Å²) in [5, 5.41) is 2.96. The van der Waals surface area contributed by atoms with Gasteiger partial charge < -0.3 is 5.32 Å². The van der Waals surface area contributed by atoms with Gasteiger partial charge in [0.2, 0.25) is 0 Å². The third-order valence-electron chi connectivity index (χ3n) is 2.69. The van der Waals surface area contributed by atoms with Gasteiger partial charge >= 0.3 is 0 Å². The highest BCUT2D eigenvalue weighted by Gasteiger charge is 2.14. The van der Waals surface area contributed by atoms with Crippen molar-refractivity contribution in [2.45, 2.75) is 11.4 Å². The number of nitrogens with one attached hydrogen (secondary N) is 2. The molecule has 0 heterocycles. The fraction of sp³-hybridized carbons (Fsp3) is 0.143. The largest absolute Gasteiger partial charge is 0.316 e. The fourth-order valence-electron chi connectivity index (χ4n) is 1.76. The first-order valence-electron chi connectivity index (χ1n) is 6.03. The first-order valence-corrected chi connectivity index (χ1v) is 7.51. The smallest absolute Gasteiger partial charge is 0.261 e. The summed E-state index contributed by atoms with van der Waals surface area (Å²) >= 11 is 0. The van der Waals surface area contributed by atoms with E-state index in [-0.39, 0.29) is 4.90 Å². The average molecular weight is 294 g/mol. The van der Waals surface area contributed by atoms with Gasteiger partial charge in [-0.05, 0) is 49.0 Å². The van der Waals surface area contributed by atoms with E-state index < -0.39 is 15.8 Å². The molecule has 0 fully saturated rings. The van der Waals surface area contributed by atoms with E-state index in [0.717, 1.165) is 5.56 Å². The first-order chi connectivity index (χ1) is 9.51. The van der Waals surface area contributed by atoms with Gasteiger partial charge in [0.25, 0.3) is 10.0 Å². The summed E-state index contributed by atoms with van der Waals surface area (Å²) in [4.78, 5) is 0.176. The van der Waals surface area contributed by atoms with Crippen LogP contribution in [0.3, 0.4) is 0 Å². The second-order valence-electron chi connectivity index (χ2n) is 4.29. The molecule has 2 aromatic rings. The highest BCUT2D eigenvalue weighted by Crippen LogP contribution is 2.17. The third-order valence-corrected chi connectivity index (χ3v) is 4.07. The van der Waals surface area contributed by atoms with E-state index in [1.807, 2.05) is 6.07 Å². The highest BCUT2D eigenvalue weighted by molar-refractivity contribution is 7.92. The molecule has 0 saturated heterocycles. The zero-order valence-corrected chi connectivity index (χ0v) is 11.7. The lowest BCUT2D eigenvalue weighted by molar-refractivity contribution is 0.600. The maximum atomic E-state index is 12.8. The number of hydrogen-bond acceptors (Lipinski definition) is 3. The lowest BCUT2D eigenvalue weighted by atomic mass is 10.2. The fourth-order valence-corrected chi connectivity index (χ4v) is 2.89. The van der Waals surface area contributed by atoms with Gasteiger partial charge in [-0.1, -0.05) is 12.1 Å².